The summed E-state index contributed by atoms with van der Waals surface area (Å²) >= 11 is 1.09. The Morgan fingerprint density at radius 3 is 2.83 bits per heavy atom. The summed E-state index contributed by atoms with van der Waals surface area (Å²) in [5.41, 5.74) is -0.0360. The van der Waals surface area contributed by atoms with E-state index < -0.39 is 10.8 Å². The van der Waals surface area contributed by atoms with Gasteiger partial charge in [-0.1, -0.05) is 6.07 Å². The van der Waals surface area contributed by atoms with Crippen LogP contribution in [0.5, 0.6) is 0 Å². The van der Waals surface area contributed by atoms with Crippen molar-refractivity contribution < 1.29 is 9.72 Å². The Kier molecular flexibility index (Phi) is 3.33. The SMILES string of the molecule is Cc1sc(C(=O)Nc2ccccn2)cc1[N+](=O)[O-]. The molecule has 2 aromatic rings. The fourth-order valence-corrected chi connectivity index (χ4v) is 2.26. The quantitative estimate of drug-likeness (QED) is 0.681. The summed E-state index contributed by atoms with van der Waals surface area (Å²) in [6.45, 7) is 1.61. The van der Waals surface area contributed by atoms with E-state index in [1.54, 1.807) is 31.3 Å². The minimum atomic E-state index is -0.497. The summed E-state index contributed by atoms with van der Waals surface area (Å²) in [4.78, 5) is 26.8. The molecule has 0 aromatic carbocycles. The molecule has 92 valence electrons. The third-order valence-corrected chi connectivity index (χ3v) is 3.26. The fourth-order valence-electron chi connectivity index (χ4n) is 1.38. The smallest absolute Gasteiger partial charge is 0.283 e. The van der Waals surface area contributed by atoms with Crippen molar-refractivity contribution in [1.29, 1.82) is 0 Å². The molecular formula is C11H9N3O3S. The minimum absolute atomic E-state index is 0.0360. The fraction of sp³-hybridized carbons (Fsp3) is 0.0909. The Hall–Kier alpha value is -2.28. The predicted molar refractivity (Wildman–Crippen MR) is 67.9 cm³/mol. The van der Waals surface area contributed by atoms with E-state index in [1.807, 2.05) is 0 Å². The largest absolute Gasteiger partial charge is 0.306 e. The molecule has 18 heavy (non-hydrogen) atoms. The number of rotatable bonds is 3. The highest BCUT2D eigenvalue weighted by molar-refractivity contribution is 7.14. The molecule has 0 bridgehead atoms. The number of carbonyl (C=O) groups is 1. The van der Waals surface area contributed by atoms with Gasteiger partial charge in [-0.25, -0.2) is 4.98 Å². The van der Waals surface area contributed by atoms with Gasteiger partial charge in [-0.15, -0.1) is 11.3 Å². The van der Waals surface area contributed by atoms with Crippen molar-refractivity contribution >= 4 is 28.7 Å². The van der Waals surface area contributed by atoms with E-state index in [0.717, 1.165) is 11.3 Å². The van der Waals surface area contributed by atoms with Gasteiger partial charge in [0, 0.05) is 12.3 Å². The first-order valence-corrected chi connectivity index (χ1v) is 5.87. The first-order valence-electron chi connectivity index (χ1n) is 5.05. The normalized spacial score (nSPS) is 10.1. The molecule has 0 saturated carbocycles. The second-order valence-corrected chi connectivity index (χ2v) is 4.73. The number of aromatic nitrogens is 1. The van der Waals surface area contributed by atoms with Crippen LogP contribution in [-0.2, 0) is 0 Å². The third-order valence-electron chi connectivity index (χ3n) is 2.22. The second kappa shape index (κ2) is 4.92. The van der Waals surface area contributed by atoms with Gasteiger partial charge in [0.25, 0.3) is 11.6 Å². The van der Waals surface area contributed by atoms with Gasteiger partial charge in [0.15, 0.2) is 0 Å². The molecule has 2 aromatic heterocycles. The van der Waals surface area contributed by atoms with Crippen LogP contribution in [0.2, 0.25) is 0 Å². The molecule has 0 unspecified atom stereocenters. The van der Waals surface area contributed by atoms with Gasteiger partial charge in [0.2, 0.25) is 0 Å². The van der Waals surface area contributed by atoms with E-state index in [4.69, 9.17) is 0 Å². The summed E-state index contributed by atoms with van der Waals surface area (Å²) in [6, 6.07) is 6.39. The number of nitro groups is 1. The van der Waals surface area contributed by atoms with Gasteiger partial charge in [-0.2, -0.15) is 0 Å². The van der Waals surface area contributed by atoms with Crippen LogP contribution in [0, 0.1) is 17.0 Å². The summed E-state index contributed by atoms with van der Waals surface area (Å²) in [6.07, 6.45) is 1.55. The molecule has 0 aliphatic rings. The summed E-state index contributed by atoms with van der Waals surface area (Å²) in [7, 11) is 0. The number of amides is 1. The van der Waals surface area contributed by atoms with E-state index in [1.165, 1.54) is 6.07 Å². The highest BCUT2D eigenvalue weighted by Gasteiger charge is 2.19. The highest BCUT2D eigenvalue weighted by atomic mass is 32.1. The van der Waals surface area contributed by atoms with Crippen LogP contribution >= 0.6 is 11.3 Å². The Bertz CT molecular complexity index is 595. The molecule has 1 N–H and O–H groups in total. The molecule has 0 saturated heterocycles. The molecular weight excluding hydrogens is 254 g/mol. The lowest BCUT2D eigenvalue weighted by molar-refractivity contribution is -0.385. The van der Waals surface area contributed by atoms with Crippen molar-refractivity contribution in [2.45, 2.75) is 6.92 Å². The van der Waals surface area contributed by atoms with Crippen molar-refractivity contribution in [3.8, 4) is 0 Å². The number of carbonyl (C=O) groups excluding carboxylic acids is 1. The summed E-state index contributed by atoms with van der Waals surface area (Å²) in [5.74, 6) is 0.0195. The number of thiophene rings is 1. The molecule has 0 atom stereocenters. The average Bonchev–Trinajstić information content (AvgIpc) is 2.73. The van der Waals surface area contributed by atoms with Crippen molar-refractivity contribution in [1.82, 2.24) is 4.98 Å². The molecule has 6 nitrogen and oxygen atoms in total. The van der Waals surface area contributed by atoms with Crippen molar-refractivity contribution in [2.24, 2.45) is 0 Å². The molecule has 0 radical (unpaired) electrons. The lowest BCUT2D eigenvalue weighted by Crippen LogP contribution is -2.10. The molecule has 2 heterocycles. The zero-order valence-corrected chi connectivity index (χ0v) is 10.2. The molecule has 0 aliphatic carbocycles. The predicted octanol–water partition coefficient (Wildman–Crippen LogP) is 2.61. The maximum atomic E-state index is 11.8. The van der Waals surface area contributed by atoms with Crippen molar-refractivity contribution in [3.05, 3.63) is 50.3 Å². The number of anilines is 1. The number of nitrogens with zero attached hydrogens (tertiary/aromatic N) is 2. The van der Waals surface area contributed by atoms with Crippen LogP contribution in [0.15, 0.2) is 30.5 Å². The zero-order chi connectivity index (χ0) is 13.1. The van der Waals surface area contributed by atoms with Crippen LogP contribution in [-0.4, -0.2) is 15.8 Å². The molecule has 7 heteroatoms. The van der Waals surface area contributed by atoms with Crippen LogP contribution < -0.4 is 5.32 Å². The Labute approximate surface area is 106 Å². The number of hydrogen-bond acceptors (Lipinski definition) is 5. The van der Waals surface area contributed by atoms with Gasteiger partial charge in [-0.05, 0) is 19.1 Å². The van der Waals surface area contributed by atoms with Gasteiger partial charge in [-0.3, -0.25) is 14.9 Å². The molecule has 1 amide bonds. The van der Waals surface area contributed by atoms with Gasteiger partial charge < -0.3 is 5.32 Å². The van der Waals surface area contributed by atoms with Gasteiger partial charge in [0.05, 0.1) is 14.7 Å². The van der Waals surface area contributed by atoms with Gasteiger partial charge in [0.1, 0.15) is 5.82 Å². The lowest BCUT2D eigenvalue weighted by Gasteiger charge is -2.00. The molecule has 0 aliphatic heterocycles. The molecule has 0 fully saturated rings. The number of pyridine rings is 1. The topological polar surface area (TPSA) is 85.1 Å². The summed E-state index contributed by atoms with van der Waals surface area (Å²) < 4.78 is 0. The van der Waals surface area contributed by atoms with Crippen LogP contribution in [0.3, 0.4) is 0 Å². The van der Waals surface area contributed by atoms with Crippen LogP contribution in [0.25, 0.3) is 0 Å². The number of aryl methyl sites for hydroxylation is 1. The summed E-state index contributed by atoms with van der Waals surface area (Å²) in [5, 5.41) is 13.3. The van der Waals surface area contributed by atoms with Crippen LogP contribution in [0.1, 0.15) is 14.5 Å². The minimum Gasteiger partial charge on any atom is -0.306 e. The maximum Gasteiger partial charge on any atom is 0.283 e. The third kappa shape index (κ3) is 2.51. The first kappa shape index (κ1) is 12.2. The first-order chi connectivity index (χ1) is 8.58. The van der Waals surface area contributed by atoms with Crippen molar-refractivity contribution in [3.63, 3.8) is 0 Å². The zero-order valence-electron chi connectivity index (χ0n) is 9.41. The average molecular weight is 263 g/mol. The lowest BCUT2D eigenvalue weighted by atomic mass is 10.3. The van der Waals surface area contributed by atoms with Crippen LogP contribution in [0.4, 0.5) is 11.5 Å². The van der Waals surface area contributed by atoms with E-state index in [9.17, 15) is 14.9 Å². The van der Waals surface area contributed by atoms with Crippen molar-refractivity contribution in [2.75, 3.05) is 5.32 Å². The van der Waals surface area contributed by atoms with E-state index >= 15 is 0 Å². The Morgan fingerprint density at radius 2 is 2.28 bits per heavy atom. The molecule has 2 rings (SSSR count). The van der Waals surface area contributed by atoms with E-state index in [2.05, 4.69) is 10.3 Å². The number of hydrogen-bond donors (Lipinski definition) is 1. The molecule has 0 spiro atoms. The van der Waals surface area contributed by atoms with Gasteiger partial charge >= 0.3 is 0 Å². The highest BCUT2D eigenvalue weighted by Crippen LogP contribution is 2.28. The Morgan fingerprint density at radius 1 is 1.50 bits per heavy atom. The monoisotopic (exact) mass is 263 g/mol. The standard InChI is InChI=1S/C11H9N3O3S/c1-7-8(14(16)17)6-9(18-7)11(15)13-10-4-2-3-5-12-10/h2-6H,1H3,(H,12,13,15). The Balaban J connectivity index is 2.20. The van der Waals surface area contributed by atoms with E-state index in [-0.39, 0.29) is 5.69 Å². The van der Waals surface area contributed by atoms with E-state index in [0.29, 0.717) is 15.6 Å². The maximum absolute atomic E-state index is 11.8. The number of nitrogens with one attached hydrogen (secondary N) is 1. The second-order valence-electron chi connectivity index (χ2n) is 3.48.